The van der Waals surface area contributed by atoms with Gasteiger partial charge >= 0.3 is 0 Å². The fourth-order valence-corrected chi connectivity index (χ4v) is 2.40. The van der Waals surface area contributed by atoms with Crippen LogP contribution in [0.5, 0.6) is 0 Å². The highest BCUT2D eigenvalue weighted by molar-refractivity contribution is 6.30. The van der Waals surface area contributed by atoms with E-state index in [-0.39, 0.29) is 5.78 Å². The predicted octanol–water partition coefficient (Wildman–Crippen LogP) is 5.39. The Morgan fingerprint density at radius 3 is 2.38 bits per heavy atom. The van der Waals surface area contributed by atoms with E-state index in [1.54, 1.807) is 30.3 Å². The minimum Gasteiger partial charge on any atom is -0.289 e. The van der Waals surface area contributed by atoms with Gasteiger partial charge in [-0.2, -0.15) is 0 Å². The van der Waals surface area contributed by atoms with E-state index >= 15 is 0 Å². The first-order valence-electron chi connectivity index (χ1n) is 6.70. The molecule has 0 bridgehead atoms. The van der Waals surface area contributed by atoms with Crippen LogP contribution >= 0.6 is 11.6 Å². The van der Waals surface area contributed by atoms with E-state index in [9.17, 15) is 4.79 Å². The lowest BCUT2D eigenvalue weighted by Crippen LogP contribution is -1.93. The summed E-state index contributed by atoms with van der Waals surface area (Å²) in [5, 5.41) is 2.93. The molecule has 1 nitrogen and oxygen atoms in total. The molecule has 0 unspecified atom stereocenters. The van der Waals surface area contributed by atoms with E-state index in [1.165, 1.54) is 5.39 Å². The van der Waals surface area contributed by atoms with E-state index in [1.807, 2.05) is 30.3 Å². The summed E-state index contributed by atoms with van der Waals surface area (Å²) in [7, 11) is 0. The second-order valence-corrected chi connectivity index (χ2v) is 5.21. The van der Waals surface area contributed by atoms with Crippen molar-refractivity contribution in [2.45, 2.75) is 0 Å². The second kappa shape index (κ2) is 5.94. The first-order chi connectivity index (χ1) is 10.2. The molecule has 3 aromatic carbocycles. The zero-order valence-electron chi connectivity index (χ0n) is 11.3. The van der Waals surface area contributed by atoms with Gasteiger partial charge in [0.25, 0.3) is 0 Å². The molecule has 0 aromatic heterocycles. The fourth-order valence-electron chi connectivity index (χ4n) is 2.27. The van der Waals surface area contributed by atoms with Crippen LogP contribution in [0.1, 0.15) is 15.9 Å². The van der Waals surface area contributed by atoms with Crippen LogP contribution < -0.4 is 0 Å². The molecule has 0 saturated carbocycles. The molecule has 3 aromatic rings. The lowest BCUT2D eigenvalue weighted by Gasteiger charge is -2.01. The van der Waals surface area contributed by atoms with E-state index < -0.39 is 0 Å². The molecule has 0 heterocycles. The third kappa shape index (κ3) is 3.04. The summed E-state index contributed by atoms with van der Waals surface area (Å²) in [4.78, 5) is 12.1. The first-order valence-corrected chi connectivity index (χ1v) is 7.07. The molecule has 0 fully saturated rings. The van der Waals surface area contributed by atoms with Crippen LogP contribution in [0.2, 0.25) is 5.02 Å². The van der Waals surface area contributed by atoms with Crippen LogP contribution in [0, 0.1) is 0 Å². The van der Waals surface area contributed by atoms with Crippen molar-refractivity contribution in [1.82, 2.24) is 0 Å². The fraction of sp³-hybridized carbons (Fsp3) is 0. The number of benzene rings is 3. The summed E-state index contributed by atoms with van der Waals surface area (Å²) in [6, 6.07) is 21.1. The van der Waals surface area contributed by atoms with Crippen LogP contribution in [0.4, 0.5) is 0 Å². The molecule has 0 aliphatic heterocycles. The Hall–Kier alpha value is -2.38. The molecule has 0 aliphatic carbocycles. The van der Waals surface area contributed by atoms with E-state index in [0.29, 0.717) is 10.6 Å². The average molecular weight is 293 g/mol. The van der Waals surface area contributed by atoms with Crippen LogP contribution in [-0.4, -0.2) is 5.78 Å². The normalized spacial score (nSPS) is 11.1. The second-order valence-electron chi connectivity index (χ2n) is 4.77. The molecule has 2 heteroatoms. The van der Waals surface area contributed by atoms with Gasteiger partial charge in [0.1, 0.15) is 0 Å². The highest BCUT2D eigenvalue weighted by Gasteiger charge is 2.02. The number of hydrogen-bond acceptors (Lipinski definition) is 1. The van der Waals surface area contributed by atoms with Crippen LogP contribution in [-0.2, 0) is 0 Å². The summed E-state index contributed by atoms with van der Waals surface area (Å²) < 4.78 is 0. The van der Waals surface area contributed by atoms with Gasteiger partial charge in [-0.05, 0) is 46.7 Å². The summed E-state index contributed by atoms with van der Waals surface area (Å²) in [6.07, 6.45) is 3.46. The zero-order chi connectivity index (χ0) is 14.7. The molecule has 3 rings (SSSR count). The van der Waals surface area contributed by atoms with Crippen molar-refractivity contribution in [1.29, 1.82) is 0 Å². The monoisotopic (exact) mass is 292 g/mol. The maximum absolute atomic E-state index is 12.1. The summed E-state index contributed by atoms with van der Waals surface area (Å²) in [5.41, 5.74) is 1.67. The van der Waals surface area contributed by atoms with E-state index in [2.05, 4.69) is 18.2 Å². The quantitative estimate of drug-likeness (QED) is 0.467. The van der Waals surface area contributed by atoms with Gasteiger partial charge in [-0.3, -0.25) is 4.79 Å². The molecule has 0 N–H and O–H groups in total. The Bertz CT molecular complexity index is 811. The highest BCUT2D eigenvalue weighted by atomic mass is 35.5. The Morgan fingerprint density at radius 2 is 1.57 bits per heavy atom. The summed E-state index contributed by atoms with van der Waals surface area (Å²) >= 11 is 5.83. The Morgan fingerprint density at radius 1 is 0.857 bits per heavy atom. The van der Waals surface area contributed by atoms with Gasteiger partial charge in [0.2, 0.25) is 0 Å². The number of fused-ring (bicyclic) bond motifs is 1. The number of hydrogen-bond donors (Lipinski definition) is 0. The van der Waals surface area contributed by atoms with Crippen LogP contribution in [0.15, 0.2) is 72.8 Å². The number of allylic oxidation sites excluding steroid dienone is 1. The van der Waals surface area contributed by atoms with Crippen molar-refractivity contribution in [3.63, 3.8) is 0 Å². The molecular weight excluding hydrogens is 280 g/mol. The Kier molecular flexibility index (Phi) is 3.85. The van der Waals surface area contributed by atoms with Crippen molar-refractivity contribution in [3.05, 3.63) is 89.0 Å². The molecule has 21 heavy (non-hydrogen) atoms. The largest absolute Gasteiger partial charge is 0.289 e. The van der Waals surface area contributed by atoms with Crippen molar-refractivity contribution >= 4 is 34.2 Å². The van der Waals surface area contributed by atoms with Gasteiger partial charge < -0.3 is 0 Å². The molecule has 0 amide bonds. The Labute approximate surface area is 128 Å². The molecule has 102 valence electrons. The molecule has 0 aliphatic rings. The number of halogens is 1. The average Bonchev–Trinajstić information content (AvgIpc) is 2.53. The standard InChI is InChI=1S/C19H13ClO/c20-17-11-8-16(9-12-17)19(21)13-10-15-6-3-5-14-4-1-2-7-18(14)15/h1-13H/b13-10+. The molecule has 0 atom stereocenters. The van der Waals surface area contributed by atoms with Gasteiger partial charge in [-0.15, -0.1) is 0 Å². The third-order valence-corrected chi connectivity index (χ3v) is 3.62. The minimum atomic E-state index is -0.0281. The molecule has 0 spiro atoms. The zero-order valence-corrected chi connectivity index (χ0v) is 12.0. The Balaban J connectivity index is 1.91. The van der Waals surface area contributed by atoms with Crippen molar-refractivity contribution < 1.29 is 4.79 Å². The van der Waals surface area contributed by atoms with Gasteiger partial charge in [-0.1, -0.05) is 60.1 Å². The number of ketones is 1. The maximum atomic E-state index is 12.1. The molecular formula is C19H13ClO. The van der Waals surface area contributed by atoms with Crippen molar-refractivity contribution in [3.8, 4) is 0 Å². The van der Waals surface area contributed by atoms with Gasteiger partial charge in [0.15, 0.2) is 5.78 Å². The van der Waals surface area contributed by atoms with Crippen molar-refractivity contribution in [2.75, 3.05) is 0 Å². The van der Waals surface area contributed by atoms with Crippen molar-refractivity contribution in [2.24, 2.45) is 0 Å². The molecule has 0 radical (unpaired) electrons. The maximum Gasteiger partial charge on any atom is 0.185 e. The van der Waals surface area contributed by atoms with Gasteiger partial charge in [-0.25, -0.2) is 0 Å². The van der Waals surface area contributed by atoms with Gasteiger partial charge in [0.05, 0.1) is 0 Å². The smallest absolute Gasteiger partial charge is 0.185 e. The summed E-state index contributed by atoms with van der Waals surface area (Å²) in [6.45, 7) is 0. The van der Waals surface area contributed by atoms with Crippen LogP contribution in [0.3, 0.4) is 0 Å². The van der Waals surface area contributed by atoms with Gasteiger partial charge in [0, 0.05) is 10.6 Å². The highest BCUT2D eigenvalue weighted by Crippen LogP contribution is 2.20. The minimum absolute atomic E-state index is 0.0281. The SMILES string of the molecule is O=C(/C=C/c1cccc2ccccc12)c1ccc(Cl)cc1. The lowest BCUT2D eigenvalue weighted by molar-refractivity contribution is 0.104. The van der Waals surface area contributed by atoms with Crippen LogP contribution in [0.25, 0.3) is 16.8 Å². The predicted molar refractivity (Wildman–Crippen MR) is 88.8 cm³/mol. The lowest BCUT2D eigenvalue weighted by atomic mass is 10.0. The van der Waals surface area contributed by atoms with E-state index in [4.69, 9.17) is 11.6 Å². The summed E-state index contributed by atoms with van der Waals surface area (Å²) in [5.74, 6) is -0.0281. The first kappa shape index (κ1) is 13.6. The molecule has 0 saturated heterocycles. The number of carbonyl (C=O) groups is 1. The number of carbonyl (C=O) groups excluding carboxylic acids is 1. The number of rotatable bonds is 3. The topological polar surface area (TPSA) is 17.1 Å². The van der Waals surface area contributed by atoms with E-state index in [0.717, 1.165) is 10.9 Å². The third-order valence-electron chi connectivity index (χ3n) is 3.37.